The third-order valence-electron chi connectivity index (χ3n) is 3.64. The number of rotatable bonds is 6. The number of morpholine rings is 1. The lowest BCUT2D eigenvalue weighted by atomic mass is 10.2. The zero-order chi connectivity index (χ0) is 15.2. The Balaban J connectivity index is 2.00. The van der Waals surface area contributed by atoms with Crippen LogP contribution < -0.4 is 10.6 Å². The van der Waals surface area contributed by atoms with Gasteiger partial charge in [0.25, 0.3) is 0 Å². The van der Waals surface area contributed by atoms with E-state index in [2.05, 4.69) is 39.5 Å². The van der Waals surface area contributed by atoms with Gasteiger partial charge in [-0.15, -0.1) is 0 Å². The largest absolute Gasteiger partial charge is 0.374 e. The highest BCUT2D eigenvalue weighted by Crippen LogP contribution is 2.20. The van der Waals surface area contributed by atoms with E-state index in [-0.39, 0.29) is 6.10 Å². The summed E-state index contributed by atoms with van der Waals surface area (Å²) < 4.78 is 5.77. The van der Waals surface area contributed by atoms with Gasteiger partial charge in [-0.3, -0.25) is 0 Å². The molecule has 118 valence electrons. The molecule has 0 spiro atoms. The maximum Gasteiger partial charge on any atom is 0.134 e. The Bertz CT molecular complexity index is 466. The fraction of sp³-hybridized carbons (Fsp3) is 0.733. The lowest BCUT2D eigenvalue weighted by Crippen LogP contribution is -2.43. The van der Waals surface area contributed by atoms with Crippen LogP contribution in [0.4, 0.5) is 11.6 Å². The van der Waals surface area contributed by atoms with Crippen molar-refractivity contribution in [1.29, 1.82) is 0 Å². The first-order valence-electron chi connectivity index (χ1n) is 7.73. The predicted molar refractivity (Wildman–Crippen MR) is 86.0 cm³/mol. The van der Waals surface area contributed by atoms with Crippen molar-refractivity contribution in [2.45, 2.75) is 33.3 Å². The highest BCUT2D eigenvalue weighted by atomic mass is 16.5. The van der Waals surface area contributed by atoms with E-state index in [0.29, 0.717) is 0 Å². The van der Waals surface area contributed by atoms with Gasteiger partial charge in [0.1, 0.15) is 17.5 Å². The van der Waals surface area contributed by atoms with E-state index >= 15 is 0 Å². The number of nitrogens with one attached hydrogen (secondary N) is 2. The van der Waals surface area contributed by atoms with E-state index in [1.54, 1.807) is 0 Å². The lowest BCUT2D eigenvalue weighted by Gasteiger charge is -2.30. The molecule has 0 amide bonds. The number of hydrogen-bond acceptors (Lipinski definition) is 6. The minimum Gasteiger partial charge on any atom is -0.374 e. The Morgan fingerprint density at radius 2 is 1.95 bits per heavy atom. The van der Waals surface area contributed by atoms with Crippen LogP contribution in [0.15, 0.2) is 0 Å². The van der Waals surface area contributed by atoms with E-state index in [4.69, 9.17) is 4.74 Å². The van der Waals surface area contributed by atoms with Gasteiger partial charge in [-0.05, 0) is 27.3 Å². The quantitative estimate of drug-likeness (QED) is 0.832. The number of likely N-dealkylation sites (N-methyl/N-ethyl adjacent to an activating group) is 1. The molecule has 1 saturated heterocycles. The average molecular weight is 293 g/mol. The van der Waals surface area contributed by atoms with Crippen LogP contribution in [0.25, 0.3) is 0 Å². The predicted octanol–water partition coefficient (Wildman–Crippen LogP) is 1.66. The van der Waals surface area contributed by atoms with E-state index in [9.17, 15) is 0 Å². The van der Waals surface area contributed by atoms with Crippen molar-refractivity contribution in [3.63, 3.8) is 0 Å². The number of aryl methyl sites for hydroxylation is 1. The van der Waals surface area contributed by atoms with Crippen molar-refractivity contribution in [3.8, 4) is 0 Å². The molecule has 0 aliphatic carbocycles. The summed E-state index contributed by atoms with van der Waals surface area (Å²) in [7, 11) is 2.13. The Hall–Kier alpha value is -1.40. The van der Waals surface area contributed by atoms with Crippen molar-refractivity contribution in [2.24, 2.45) is 0 Å². The summed E-state index contributed by atoms with van der Waals surface area (Å²) >= 11 is 0. The van der Waals surface area contributed by atoms with Crippen LogP contribution >= 0.6 is 0 Å². The fourth-order valence-corrected chi connectivity index (χ4v) is 2.42. The van der Waals surface area contributed by atoms with Crippen molar-refractivity contribution in [3.05, 3.63) is 11.4 Å². The van der Waals surface area contributed by atoms with Gasteiger partial charge in [0, 0.05) is 31.7 Å². The standard InChI is InChI=1S/C15H27N5O/c1-5-6-16-14-11(2)15(19-12(3)18-14)17-9-13-10-20(4)7-8-21-13/h13H,5-10H2,1-4H3,(H2,16,17,18,19). The van der Waals surface area contributed by atoms with Crippen LogP contribution in [0.5, 0.6) is 0 Å². The fourth-order valence-electron chi connectivity index (χ4n) is 2.42. The Morgan fingerprint density at radius 3 is 2.62 bits per heavy atom. The summed E-state index contributed by atoms with van der Waals surface area (Å²) in [6.45, 7) is 10.6. The molecule has 1 aliphatic heterocycles. The van der Waals surface area contributed by atoms with Gasteiger partial charge in [-0.25, -0.2) is 9.97 Å². The molecule has 0 radical (unpaired) electrons. The summed E-state index contributed by atoms with van der Waals surface area (Å²) in [6.07, 6.45) is 1.29. The molecule has 6 heteroatoms. The molecule has 2 rings (SSSR count). The molecular formula is C15H27N5O. The highest BCUT2D eigenvalue weighted by Gasteiger charge is 2.18. The minimum absolute atomic E-state index is 0.213. The third-order valence-corrected chi connectivity index (χ3v) is 3.64. The van der Waals surface area contributed by atoms with Gasteiger partial charge in [0.05, 0.1) is 12.7 Å². The number of anilines is 2. The van der Waals surface area contributed by atoms with Crippen molar-refractivity contribution in [2.75, 3.05) is 50.5 Å². The molecule has 6 nitrogen and oxygen atoms in total. The van der Waals surface area contributed by atoms with E-state index in [0.717, 1.165) is 62.2 Å². The second-order valence-corrected chi connectivity index (χ2v) is 5.66. The van der Waals surface area contributed by atoms with E-state index in [1.165, 1.54) is 0 Å². The van der Waals surface area contributed by atoms with E-state index in [1.807, 2.05) is 13.8 Å². The zero-order valence-electron chi connectivity index (χ0n) is 13.6. The molecule has 1 aromatic heterocycles. The summed E-state index contributed by atoms with van der Waals surface area (Å²) in [5.41, 5.74) is 1.07. The smallest absolute Gasteiger partial charge is 0.134 e. The number of nitrogens with zero attached hydrogens (tertiary/aromatic N) is 3. The first-order chi connectivity index (χ1) is 10.1. The van der Waals surface area contributed by atoms with Gasteiger partial charge < -0.3 is 20.3 Å². The molecule has 2 N–H and O–H groups in total. The Kier molecular flexibility index (Phi) is 5.76. The van der Waals surface area contributed by atoms with Gasteiger partial charge in [-0.1, -0.05) is 6.92 Å². The van der Waals surface area contributed by atoms with Crippen LogP contribution in [0.2, 0.25) is 0 Å². The molecule has 0 bridgehead atoms. The Labute approximate surface area is 127 Å². The molecule has 1 atom stereocenters. The van der Waals surface area contributed by atoms with Gasteiger partial charge in [0.15, 0.2) is 0 Å². The van der Waals surface area contributed by atoms with Crippen molar-refractivity contribution < 1.29 is 4.74 Å². The SMILES string of the molecule is CCCNc1nc(C)nc(NCC2CN(C)CCO2)c1C. The third kappa shape index (κ3) is 4.54. The maximum absolute atomic E-state index is 5.77. The van der Waals surface area contributed by atoms with Crippen molar-refractivity contribution >= 4 is 11.6 Å². The summed E-state index contributed by atoms with van der Waals surface area (Å²) in [5, 5.41) is 6.78. The zero-order valence-corrected chi connectivity index (χ0v) is 13.6. The topological polar surface area (TPSA) is 62.3 Å². The van der Waals surface area contributed by atoms with Gasteiger partial charge in [-0.2, -0.15) is 0 Å². The van der Waals surface area contributed by atoms with Gasteiger partial charge >= 0.3 is 0 Å². The molecule has 0 saturated carbocycles. The highest BCUT2D eigenvalue weighted by molar-refractivity contribution is 5.57. The van der Waals surface area contributed by atoms with Crippen LogP contribution in [-0.2, 0) is 4.74 Å². The van der Waals surface area contributed by atoms with Crippen LogP contribution in [0, 0.1) is 13.8 Å². The first kappa shape index (κ1) is 16.0. The maximum atomic E-state index is 5.77. The monoisotopic (exact) mass is 293 g/mol. The molecular weight excluding hydrogens is 266 g/mol. The summed E-state index contributed by atoms with van der Waals surface area (Å²) in [4.78, 5) is 11.3. The molecule has 21 heavy (non-hydrogen) atoms. The number of ether oxygens (including phenoxy) is 1. The number of aromatic nitrogens is 2. The van der Waals surface area contributed by atoms with Crippen LogP contribution in [0.1, 0.15) is 24.7 Å². The summed E-state index contributed by atoms with van der Waals surface area (Å²) in [6, 6.07) is 0. The molecule has 1 unspecified atom stereocenters. The second kappa shape index (κ2) is 7.56. The minimum atomic E-state index is 0.213. The summed E-state index contributed by atoms with van der Waals surface area (Å²) in [5.74, 6) is 2.61. The molecule has 2 heterocycles. The van der Waals surface area contributed by atoms with Gasteiger partial charge in [0.2, 0.25) is 0 Å². The van der Waals surface area contributed by atoms with E-state index < -0.39 is 0 Å². The Morgan fingerprint density at radius 1 is 1.24 bits per heavy atom. The first-order valence-corrected chi connectivity index (χ1v) is 7.73. The second-order valence-electron chi connectivity index (χ2n) is 5.66. The molecule has 1 aromatic rings. The normalized spacial score (nSPS) is 19.5. The van der Waals surface area contributed by atoms with Crippen LogP contribution in [-0.4, -0.2) is 60.8 Å². The molecule has 1 aliphatic rings. The van der Waals surface area contributed by atoms with Crippen molar-refractivity contribution in [1.82, 2.24) is 14.9 Å². The molecule has 1 fully saturated rings. The van der Waals surface area contributed by atoms with Crippen LogP contribution in [0.3, 0.4) is 0 Å². The lowest BCUT2D eigenvalue weighted by molar-refractivity contribution is -0.0117. The average Bonchev–Trinajstić information content (AvgIpc) is 2.46. The molecule has 0 aromatic carbocycles. The number of hydrogen-bond donors (Lipinski definition) is 2.